The Kier molecular flexibility index (Phi) is 3.11. The monoisotopic (exact) mass is 166 g/mol. The Balaban J connectivity index is 2.81. The molecule has 0 saturated carbocycles. The molecule has 0 bridgehead atoms. The molecule has 1 aromatic carbocycles. The van der Waals surface area contributed by atoms with E-state index >= 15 is 0 Å². The van der Waals surface area contributed by atoms with Gasteiger partial charge in [-0.25, -0.2) is 0 Å². The lowest BCUT2D eigenvalue weighted by Crippen LogP contribution is -2.52. The van der Waals surface area contributed by atoms with Crippen LogP contribution in [0.25, 0.3) is 0 Å². The molecule has 0 aromatic heterocycles. The lowest BCUT2D eigenvalue weighted by molar-refractivity contribution is -0.370. The van der Waals surface area contributed by atoms with E-state index in [1.165, 1.54) is 11.1 Å². The van der Waals surface area contributed by atoms with Crippen molar-refractivity contribution < 1.29 is 10.5 Å². The van der Waals surface area contributed by atoms with Crippen molar-refractivity contribution in [2.75, 3.05) is 13.2 Å². The lowest BCUT2D eigenvalue weighted by Gasteiger charge is -2.09. The Morgan fingerprint density at radius 1 is 1.25 bits per heavy atom. The van der Waals surface area contributed by atoms with Crippen LogP contribution in [0.3, 0.4) is 0 Å². The Morgan fingerprint density at radius 2 is 1.83 bits per heavy atom. The van der Waals surface area contributed by atoms with E-state index in [-0.39, 0.29) is 0 Å². The van der Waals surface area contributed by atoms with Crippen LogP contribution in [0.15, 0.2) is 18.2 Å². The van der Waals surface area contributed by atoms with Crippen molar-refractivity contribution in [3.8, 4) is 5.75 Å². The van der Waals surface area contributed by atoms with Crippen molar-refractivity contribution in [1.29, 1.82) is 0 Å². The standard InChI is InChI=1S/C10H15NO/c1-8-4-3-5-9(2)10(8)12-7-6-11/h3-5H,6-7,11H2,1-2H3/p+1. The Bertz CT molecular complexity index is 238. The van der Waals surface area contributed by atoms with Gasteiger partial charge in [-0.05, 0) is 25.0 Å². The maximum Gasteiger partial charge on any atom is 0.137 e. The van der Waals surface area contributed by atoms with Gasteiger partial charge in [0.25, 0.3) is 0 Å². The van der Waals surface area contributed by atoms with Crippen LogP contribution < -0.4 is 10.5 Å². The summed E-state index contributed by atoms with van der Waals surface area (Å²) in [5.41, 5.74) is 6.13. The molecule has 2 heteroatoms. The molecule has 0 spiro atoms. The van der Waals surface area contributed by atoms with Crippen LogP contribution in [0.5, 0.6) is 5.75 Å². The summed E-state index contributed by atoms with van der Waals surface area (Å²) >= 11 is 0. The number of rotatable bonds is 3. The number of ether oxygens (including phenoxy) is 1. The van der Waals surface area contributed by atoms with Gasteiger partial charge in [-0.2, -0.15) is 0 Å². The molecule has 0 atom stereocenters. The normalized spacial score (nSPS) is 9.92. The summed E-state index contributed by atoms with van der Waals surface area (Å²) in [5.74, 6) is 1.01. The Labute approximate surface area is 73.3 Å². The SMILES string of the molecule is Cc1cccc(C)c1OCC[NH3+]. The third-order valence-electron chi connectivity index (χ3n) is 1.80. The number of quaternary nitrogens is 1. The van der Waals surface area contributed by atoms with E-state index in [4.69, 9.17) is 4.74 Å². The predicted molar refractivity (Wildman–Crippen MR) is 49.2 cm³/mol. The highest BCUT2D eigenvalue weighted by Crippen LogP contribution is 2.21. The van der Waals surface area contributed by atoms with Crippen LogP contribution in [-0.2, 0) is 0 Å². The van der Waals surface area contributed by atoms with Crippen LogP contribution in [0.2, 0.25) is 0 Å². The van der Waals surface area contributed by atoms with Crippen LogP contribution >= 0.6 is 0 Å². The van der Waals surface area contributed by atoms with Crippen molar-refractivity contribution in [3.63, 3.8) is 0 Å². The van der Waals surface area contributed by atoms with Crippen molar-refractivity contribution in [2.45, 2.75) is 13.8 Å². The van der Waals surface area contributed by atoms with Gasteiger partial charge in [-0.15, -0.1) is 0 Å². The van der Waals surface area contributed by atoms with E-state index in [0.717, 1.165) is 12.3 Å². The molecule has 0 aliphatic heterocycles. The van der Waals surface area contributed by atoms with E-state index in [2.05, 4.69) is 31.7 Å². The molecule has 0 heterocycles. The lowest BCUT2D eigenvalue weighted by atomic mass is 10.1. The molecule has 0 radical (unpaired) electrons. The topological polar surface area (TPSA) is 36.9 Å². The highest BCUT2D eigenvalue weighted by molar-refractivity contribution is 5.39. The quantitative estimate of drug-likeness (QED) is 0.712. The van der Waals surface area contributed by atoms with Crippen molar-refractivity contribution in [2.24, 2.45) is 0 Å². The number of hydrogen-bond donors (Lipinski definition) is 1. The van der Waals surface area contributed by atoms with Crippen LogP contribution in [-0.4, -0.2) is 13.2 Å². The summed E-state index contributed by atoms with van der Waals surface area (Å²) in [6.07, 6.45) is 0. The van der Waals surface area contributed by atoms with E-state index in [1.807, 2.05) is 6.07 Å². The number of benzene rings is 1. The third kappa shape index (κ3) is 1.98. The van der Waals surface area contributed by atoms with Crippen LogP contribution in [0, 0.1) is 13.8 Å². The number of hydrogen-bond acceptors (Lipinski definition) is 1. The Morgan fingerprint density at radius 3 is 2.33 bits per heavy atom. The summed E-state index contributed by atoms with van der Waals surface area (Å²) in [4.78, 5) is 0. The van der Waals surface area contributed by atoms with Gasteiger partial charge in [-0.1, -0.05) is 18.2 Å². The van der Waals surface area contributed by atoms with Gasteiger partial charge >= 0.3 is 0 Å². The fraction of sp³-hybridized carbons (Fsp3) is 0.400. The molecule has 0 saturated heterocycles. The molecule has 1 rings (SSSR count). The highest BCUT2D eigenvalue weighted by atomic mass is 16.5. The van der Waals surface area contributed by atoms with E-state index in [0.29, 0.717) is 6.61 Å². The van der Waals surface area contributed by atoms with Crippen molar-refractivity contribution in [3.05, 3.63) is 29.3 Å². The van der Waals surface area contributed by atoms with Crippen LogP contribution in [0.1, 0.15) is 11.1 Å². The second-order valence-corrected chi connectivity index (χ2v) is 2.92. The largest absolute Gasteiger partial charge is 0.487 e. The average molecular weight is 166 g/mol. The molecule has 66 valence electrons. The summed E-state index contributed by atoms with van der Waals surface area (Å²) in [5, 5.41) is 0. The molecular weight excluding hydrogens is 150 g/mol. The second kappa shape index (κ2) is 4.12. The summed E-state index contributed by atoms with van der Waals surface area (Å²) in [7, 11) is 0. The van der Waals surface area contributed by atoms with Gasteiger partial charge in [0.1, 0.15) is 18.9 Å². The zero-order chi connectivity index (χ0) is 8.97. The first-order valence-corrected chi connectivity index (χ1v) is 4.24. The summed E-state index contributed by atoms with van der Waals surface area (Å²) in [6, 6.07) is 6.17. The third-order valence-corrected chi connectivity index (χ3v) is 1.80. The van der Waals surface area contributed by atoms with Gasteiger partial charge < -0.3 is 10.5 Å². The number of para-hydroxylation sites is 1. The van der Waals surface area contributed by atoms with Gasteiger partial charge in [-0.3, -0.25) is 0 Å². The molecule has 0 aliphatic carbocycles. The van der Waals surface area contributed by atoms with Gasteiger partial charge in [0.15, 0.2) is 0 Å². The molecule has 3 N–H and O–H groups in total. The van der Waals surface area contributed by atoms with Gasteiger partial charge in [0.05, 0.1) is 0 Å². The van der Waals surface area contributed by atoms with E-state index in [9.17, 15) is 0 Å². The first-order chi connectivity index (χ1) is 5.75. The molecule has 0 unspecified atom stereocenters. The molecule has 12 heavy (non-hydrogen) atoms. The van der Waals surface area contributed by atoms with Gasteiger partial charge in [0.2, 0.25) is 0 Å². The summed E-state index contributed by atoms with van der Waals surface area (Å²) in [6.45, 7) is 5.64. The van der Waals surface area contributed by atoms with E-state index in [1.54, 1.807) is 0 Å². The molecule has 1 aromatic rings. The first-order valence-electron chi connectivity index (χ1n) is 4.24. The number of aryl methyl sites for hydroxylation is 2. The van der Waals surface area contributed by atoms with Gasteiger partial charge in [0, 0.05) is 0 Å². The summed E-state index contributed by atoms with van der Waals surface area (Å²) < 4.78 is 5.55. The predicted octanol–water partition coefficient (Wildman–Crippen LogP) is 0.924. The maximum atomic E-state index is 5.55. The van der Waals surface area contributed by atoms with Crippen molar-refractivity contribution >= 4 is 0 Å². The fourth-order valence-corrected chi connectivity index (χ4v) is 1.20. The fourth-order valence-electron chi connectivity index (χ4n) is 1.20. The van der Waals surface area contributed by atoms with Crippen LogP contribution in [0.4, 0.5) is 0 Å². The minimum Gasteiger partial charge on any atom is -0.487 e. The molecule has 0 amide bonds. The molecule has 2 nitrogen and oxygen atoms in total. The maximum absolute atomic E-state index is 5.55. The highest BCUT2D eigenvalue weighted by Gasteiger charge is 2.01. The zero-order valence-electron chi connectivity index (χ0n) is 7.76. The molecule has 0 fully saturated rings. The smallest absolute Gasteiger partial charge is 0.137 e. The minimum absolute atomic E-state index is 0.700. The molecular formula is C10H16NO+. The molecule has 0 aliphatic rings. The second-order valence-electron chi connectivity index (χ2n) is 2.92. The minimum atomic E-state index is 0.700. The zero-order valence-corrected chi connectivity index (χ0v) is 7.76. The van der Waals surface area contributed by atoms with Crippen molar-refractivity contribution in [1.82, 2.24) is 0 Å². The average Bonchev–Trinajstić information content (AvgIpc) is 2.04. The van der Waals surface area contributed by atoms with E-state index < -0.39 is 0 Å². The Hall–Kier alpha value is -1.02. The first kappa shape index (κ1) is 9.07.